The largest absolute Gasteiger partial charge is 0.490 e. The summed E-state index contributed by atoms with van der Waals surface area (Å²) in [6.45, 7) is 9.31. The average Bonchev–Trinajstić information content (AvgIpc) is 3.16. The third-order valence-corrected chi connectivity index (χ3v) is 5.86. The summed E-state index contributed by atoms with van der Waals surface area (Å²) in [6, 6.07) is 2.04. The molecular weight excluding hydrogens is 451 g/mol. The van der Waals surface area contributed by atoms with E-state index in [0.29, 0.717) is 21.4 Å². The second kappa shape index (κ2) is 11.3. The Morgan fingerprint density at radius 2 is 1.78 bits per heavy atom. The maximum absolute atomic E-state index is 12.7. The van der Waals surface area contributed by atoms with Crippen LogP contribution in [0.1, 0.15) is 29.2 Å². The van der Waals surface area contributed by atoms with E-state index in [2.05, 4.69) is 32.1 Å². The first-order valence-corrected chi connectivity index (χ1v) is 10.5. The van der Waals surface area contributed by atoms with Gasteiger partial charge in [0.15, 0.2) is 10.8 Å². The van der Waals surface area contributed by atoms with Crippen LogP contribution in [0.5, 0.6) is 0 Å². The van der Waals surface area contributed by atoms with Crippen LogP contribution in [-0.4, -0.2) is 81.4 Å². The zero-order valence-corrected chi connectivity index (χ0v) is 18.5. The van der Waals surface area contributed by atoms with E-state index in [0.717, 1.165) is 26.3 Å². The molecule has 0 aliphatic carbocycles. The van der Waals surface area contributed by atoms with Gasteiger partial charge in [0, 0.05) is 37.6 Å². The lowest BCUT2D eigenvalue weighted by Gasteiger charge is -2.35. The number of carbonyl (C=O) groups excluding carboxylic acids is 1. The Hall–Kier alpha value is -2.64. The number of aliphatic carboxylic acids is 1. The van der Waals surface area contributed by atoms with E-state index in [9.17, 15) is 18.0 Å². The van der Waals surface area contributed by atoms with Gasteiger partial charge in [-0.25, -0.2) is 19.7 Å². The Bertz CT molecular complexity index is 904. The van der Waals surface area contributed by atoms with Gasteiger partial charge in [-0.1, -0.05) is 0 Å². The molecule has 0 bridgehead atoms. The molecule has 2 aromatic rings. The third-order valence-electron chi connectivity index (χ3n) is 4.71. The number of rotatable bonds is 5. The summed E-state index contributed by atoms with van der Waals surface area (Å²) < 4.78 is 37.1. The molecule has 0 spiro atoms. The van der Waals surface area contributed by atoms with Crippen molar-refractivity contribution in [2.24, 2.45) is 0 Å². The Balaban J connectivity index is 0.000000451. The molecule has 2 atom stereocenters. The van der Waals surface area contributed by atoms with Crippen LogP contribution in [0.3, 0.4) is 0 Å². The van der Waals surface area contributed by atoms with Crippen molar-refractivity contribution >= 4 is 23.2 Å². The van der Waals surface area contributed by atoms with Gasteiger partial charge in [-0.3, -0.25) is 9.69 Å². The number of aryl methyl sites for hydroxylation is 1. The van der Waals surface area contributed by atoms with Crippen molar-refractivity contribution in [2.45, 2.75) is 39.0 Å². The van der Waals surface area contributed by atoms with Crippen molar-refractivity contribution in [2.75, 3.05) is 26.3 Å². The van der Waals surface area contributed by atoms with E-state index in [1.165, 1.54) is 11.3 Å². The Labute approximate surface area is 186 Å². The van der Waals surface area contributed by atoms with Gasteiger partial charge in [-0.2, -0.15) is 13.2 Å². The topological polar surface area (TPSA) is 118 Å². The molecule has 3 heterocycles. The van der Waals surface area contributed by atoms with Crippen molar-refractivity contribution in [1.82, 2.24) is 25.2 Å². The van der Waals surface area contributed by atoms with Crippen LogP contribution in [-0.2, 0) is 9.53 Å². The summed E-state index contributed by atoms with van der Waals surface area (Å²) in [5, 5.41) is 10.9. The summed E-state index contributed by atoms with van der Waals surface area (Å²) in [7, 11) is 0. The van der Waals surface area contributed by atoms with Crippen molar-refractivity contribution in [3.63, 3.8) is 0 Å². The predicted octanol–water partition coefficient (Wildman–Crippen LogP) is 2.38. The molecule has 2 N–H and O–H groups in total. The molecule has 1 aliphatic rings. The van der Waals surface area contributed by atoms with Crippen LogP contribution in [0.15, 0.2) is 18.5 Å². The number of ether oxygens (including phenoxy) is 1. The number of nitrogens with one attached hydrogen (secondary N) is 1. The highest BCUT2D eigenvalue weighted by molar-refractivity contribution is 7.17. The number of halogens is 3. The molecular formula is C19H24F3N5O4S. The van der Waals surface area contributed by atoms with Crippen molar-refractivity contribution in [3.05, 3.63) is 29.0 Å². The van der Waals surface area contributed by atoms with Gasteiger partial charge in [0.2, 0.25) is 0 Å². The molecule has 2 unspecified atom stereocenters. The summed E-state index contributed by atoms with van der Waals surface area (Å²) in [5.41, 5.74) is 0.705. The van der Waals surface area contributed by atoms with E-state index in [-0.39, 0.29) is 18.0 Å². The number of nitrogens with zero attached hydrogens (tertiary/aromatic N) is 4. The van der Waals surface area contributed by atoms with Crippen LogP contribution in [0.2, 0.25) is 0 Å². The first kappa shape index (κ1) is 25.6. The van der Waals surface area contributed by atoms with E-state index in [1.54, 1.807) is 18.5 Å². The molecule has 1 fully saturated rings. The number of amides is 1. The van der Waals surface area contributed by atoms with E-state index in [4.69, 9.17) is 14.6 Å². The SMILES string of the molecule is Cc1nc(-c2ncccn2)sc1C(=O)NC(C)C(C)N1CCOCC1.O=C(O)C(F)(F)F. The van der Waals surface area contributed by atoms with Crippen LogP contribution >= 0.6 is 11.3 Å². The van der Waals surface area contributed by atoms with Crippen molar-refractivity contribution in [1.29, 1.82) is 0 Å². The van der Waals surface area contributed by atoms with Gasteiger partial charge in [0.1, 0.15) is 4.88 Å². The Morgan fingerprint density at radius 3 is 2.31 bits per heavy atom. The minimum absolute atomic E-state index is 0.0310. The summed E-state index contributed by atoms with van der Waals surface area (Å²) >= 11 is 1.33. The number of carbonyl (C=O) groups is 2. The highest BCUT2D eigenvalue weighted by Crippen LogP contribution is 2.25. The molecule has 2 aromatic heterocycles. The standard InChI is InChI=1S/C17H23N5O2S.C2HF3O2/c1-11(13(3)22-7-9-24-10-8-22)20-16(23)14-12(2)21-17(25-14)15-18-5-4-6-19-15;3-2(4,5)1(6)7/h4-6,11,13H,7-10H2,1-3H3,(H,20,23);(H,6,7). The third kappa shape index (κ3) is 7.21. The van der Waals surface area contributed by atoms with Gasteiger partial charge in [-0.15, -0.1) is 11.3 Å². The average molecular weight is 475 g/mol. The van der Waals surface area contributed by atoms with Crippen LogP contribution < -0.4 is 5.32 Å². The molecule has 1 saturated heterocycles. The molecule has 0 aromatic carbocycles. The summed E-state index contributed by atoms with van der Waals surface area (Å²) in [4.78, 5) is 37.4. The minimum atomic E-state index is -5.08. The number of morpholine rings is 1. The lowest BCUT2D eigenvalue weighted by atomic mass is 10.1. The van der Waals surface area contributed by atoms with E-state index < -0.39 is 12.1 Å². The fraction of sp³-hybridized carbons (Fsp3) is 0.526. The van der Waals surface area contributed by atoms with Gasteiger partial charge in [0.05, 0.1) is 18.9 Å². The van der Waals surface area contributed by atoms with Crippen LogP contribution in [0.25, 0.3) is 10.8 Å². The number of carboxylic acid groups (broad SMARTS) is 1. The second-order valence-corrected chi connectivity index (χ2v) is 7.96. The van der Waals surface area contributed by atoms with Crippen molar-refractivity contribution in [3.8, 4) is 10.8 Å². The molecule has 1 aliphatic heterocycles. The number of carboxylic acids is 1. The lowest BCUT2D eigenvalue weighted by Crippen LogP contribution is -2.52. The lowest BCUT2D eigenvalue weighted by molar-refractivity contribution is -0.192. The van der Waals surface area contributed by atoms with Gasteiger partial charge in [0.25, 0.3) is 5.91 Å². The first-order chi connectivity index (χ1) is 15.0. The Kier molecular flexibility index (Phi) is 9.04. The van der Waals surface area contributed by atoms with Crippen LogP contribution in [0, 0.1) is 6.92 Å². The molecule has 9 nitrogen and oxygen atoms in total. The monoisotopic (exact) mass is 475 g/mol. The normalized spacial score (nSPS) is 16.4. The smallest absolute Gasteiger partial charge is 0.475 e. The van der Waals surface area contributed by atoms with E-state index in [1.807, 2.05) is 13.8 Å². The number of aromatic nitrogens is 3. The van der Waals surface area contributed by atoms with Gasteiger partial charge < -0.3 is 15.2 Å². The molecule has 0 radical (unpaired) electrons. The molecule has 13 heteroatoms. The molecule has 32 heavy (non-hydrogen) atoms. The first-order valence-electron chi connectivity index (χ1n) is 9.68. The minimum Gasteiger partial charge on any atom is -0.475 e. The zero-order valence-electron chi connectivity index (χ0n) is 17.7. The summed E-state index contributed by atoms with van der Waals surface area (Å²) in [6.07, 6.45) is -1.74. The van der Waals surface area contributed by atoms with Gasteiger partial charge >= 0.3 is 12.1 Å². The fourth-order valence-electron chi connectivity index (χ4n) is 2.81. The molecule has 1 amide bonds. The highest BCUT2D eigenvalue weighted by atomic mass is 32.1. The second-order valence-electron chi connectivity index (χ2n) is 6.96. The zero-order chi connectivity index (χ0) is 23.9. The number of alkyl halides is 3. The maximum atomic E-state index is 12.7. The quantitative estimate of drug-likeness (QED) is 0.677. The molecule has 176 valence electrons. The number of hydrogen-bond donors (Lipinski definition) is 2. The van der Waals surface area contributed by atoms with Gasteiger partial charge in [-0.05, 0) is 26.8 Å². The van der Waals surface area contributed by atoms with E-state index >= 15 is 0 Å². The fourth-order valence-corrected chi connectivity index (χ4v) is 3.72. The van der Waals surface area contributed by atoms with Crippen molar-refractivity contribution < 1.29 is 32.6 Å². The number of hydrogen-bond acceptors (Lipinski definition) is 8. The predicted molar refractivity (Wildman–Crippen MR) is 110 cm³/mol. The Morgan fingerprint density at radius 1 is 1.22 bits per heavy atom. The number of thiazole rings is 1. The summed E-state index contributed by atoms with van der Waals surface area (Å²) in [5.74, 6) is -2.30. The van der Waals surface area contributed by atoms with Crippen LogP contribution in [0.4, 0.5) is 13.2 Å². The highest BCUT2D eigenvalue weighted by Gasteiger charge is 2.38. The maximum Gasteiger partial charge on any atom is 0.490 e. The molecule has 0 saturated carbocycles. The molecule has 3 rings (SSSR count).